The van der Waals surface area contributed by atoms with Crippen molar-refractivity contribution in [3.8, 4) is 0 Å². The Balaban J connectivity index is 1.84. The number of fused-ring (bicyclic) bond motifs is 2. The Kier molecular flexibility index (Phi) is 4.85. The number of amides is 1. The van der Waals surface area contributed by atoms with Crippen LogP contribution in [-0.4, -0.2) is 48.6 Å². The minimum Gasteiger partial charge on any atom is -0.354 e. The third kappa shape index (κ3) is 3.69. The molecule has 0 aliphatic carbocycles. The Morgan fingerprint density at radius 2 is 1.84 bits per heavy atom. The van der Waals surface area contributed by atoms with E-state index in [2.05, 4.69) is 36.4 Å². The van der Waals surface area contributed by atoms with E-state index in [4.69, 9.17) is 0 Å². The van der Waals surface area contributed by atoms with Crippen LogP contribution in [0.15, 0.2) is 0 Å². The Bertz CT molecular complexity index is 307. The maximum atomic E-state index is 12.1. The minimum absolute atomic E-state index is 0.0266. The summed E-state index contributed by atoms with van der Waals surface area (Å²) in [4.78, 5) is 14.4. The highest BCUT2D eigenvalue weighted by Gasteiger charge is 2.37. The molecular weight excluding hydrogens is 238 g/mol. The van der Waals surface area contributed by atoms with Gasteiger partial charge in [-0.2, -0.15) is 0 Å². The molecule has 110 valence electrons. The van der Waals surface area contributed by atoms with Crippen LogP contribution >= 0.6 is 0 Å². The third-order valence-corrected chi connectivity index (χ3v) is 4.70. The van der Waals surface area contributed by atoms with Crippen molar-refractivity contribution >= 4 is 5.91 Å². The van der Waals surface area contributed by atoms with Crippen LogP contribution in [0, 0.1) is 5.92 Å². The standard InChI is InChI=1S/C15H29N3O/c1-10(2)9-16-15(19)11(3)18(4)14-7-12-5-6-13(8-14)17-12/h10-14,17H,5-9H2,1-4H3,(H,16,19). The summed E-state index contributed by atoms with van der Waals surface area (Å²) in [6.45, 7) is 7.05. The molecule has 19 heavy (non-hydrogen) atoms. The summed E-state index contributed by atoms with van der Waals surface area (Å²) in [7, 11) is 2.11. The Hall–Kier alpha value is -0.610. The van der Waals surface area contributed by atoms with Gasteiger partial charge in [0.2, 0.25) is 5.91 Å². The summed E-state index contributed by atoms with van der Waals surface area (Å²) in [5.41, 5.74) is 0. The normalized spacial score (nSPS) is 31.8. The second-order valence-electron chi connectivity index (χ2n) is 6.74. The Labute approximate surface area is 117 Å². The van der Waals surface area contributed by atoms with E-state index >= 15 is 0 Å². The summed E-state index contributed by atoms with van der Waals surface area (Å²) in [6.07, 6.45) is 5.00. The van der Waals surface area contributed by atoms with Crippen molar-refractivity contribution in [1.29, 1.82) is 0 Å². The molecule has 0 saturated carbocycles. The number of hydrogen-bond acceptors (Lipinski definition) is 3. The number of likely N-dealkylation sites (N-methyl/N-ethyl adjacent to an activating group) is 1. The molecule has 2 fully saturated rings. The fourth-order valence-electron chi connectivity index (χ4n) is 3.31. The Morgan fingerprint density at radius 3 is 2.37 bits per heavy atom. The summed E-state index contributed by atoms with van der Waals surface area (Å²) >= 11 is 0. The first-order chi connectivity index (χ1) is 8.97. The summed E-state index contributed by atoms with van der Waals surface area (Å²) in [5.74, 6) is 0.679. The second-order valence-corrected chi connectivity index (χ2v) is 6.74. The van der Waals surface area contributed by atoms with Crippen LogP contribution in [-0.2, 0) is 4.79 Å². The summed E-state index contributed by atoms with van der Waals surface area (Å²) in [5, 5.41) is 6.70. The number of carbonyl (C=O) groups excluding carboxylic acids is 1. The van der Waals surface area contributed by atoms with Crippen molar-refractivity contribution in [1.82, 2.24) is 15.5 Å². The average Bonchev–Trinajstić information content (AvgIpc) is 2.72. The average molecular weight is 267 g/mol. The van der Waals surface area contributed by atoms with Crippen molar-refractivity contribution in [3.05, 3.63) is 0 Å². The molecule has 0 aromatic carbocycles. The first-order valence-electron chi connectivity index (χ1n) is 7.73. The predicted molar refractivity (Wildman–Crippen MR) is 78.0 cm³/mol. The molecule has 2 bridgehead atoms. The van der Waals surface area contributed by atoms with Gasteiger partial charge < -0.3 is 10.6 Å². The fraction of sp³-hybridized carbons (Fsp3) is 0.933. The van der Waals surface area contributed by atoms with Crippen molar-refractivity contribution < 1.29 is 4.79 Å². The zero-order valence-corrected chi connectivity index (χ0v) is 12.8. The van der Waals surface area contributed by atoms with E-state index in [1.165, 1.54) is 25.7 Å². The molecule has 2 heterocycles. The maximum absolute atomic E-state index is 12.1. The molecule has 2 aliphatic heterocycles. The number of piperidine rings is 1. The van der Waals surface area contributed by atoms with Crippen LogP contribution in [0.3, 0.4) is 0 Å². The van der Waals surface area contributed by atoms with Gasteiger partial charge in [-0.05, 0) is 45.6 Å². The van der Waals surface area contributed by atoms with E-state index in [-0.39, 0.29) is 11.9 Å². The van der Waals surface area contributed by atoms with E-state index in [0.717, 1.165) is 6.54 Å². The zero-order chi connectivity index (χ0) is 14.0. The second kappa shape index (κ2) is 6.23. The number of nitrogens with one attached hydrogen (secondary N) is 2. The number of nitrogens with zero attached hydrogens (tertiary/aromatic N) is 1. The van der Waals surface area contributed by atoms with Gasteiger partial charge in [0.25, 0.3) is 0 Å². The lowest BCUT2D eigenvalue weighted by atomic mass is 9.97. The lowest BCUT2D eigenvalue weighted by molar-refractivity contribution is -0.126. The van der Waals surface area contributed by atoms with Gasteiger partial charge in [0, 0.05) is 24.7 Å². The van der Waals surface area contributed by atoms with Crippen molar-refractivity contribution in [2.45, 2.75) is 70.6 Å². The SMILES string of the molecule is CC(C)CNC(=O)C(C)N(C)C1CC2CCC(C1)N2. The van der Waals surface area contributed by atoms with Crippen LogP contribution in [0.4, 0.5) is 0 Å². The van der Waals surface area contributed by atoms with Gasteiger partial charge in [0.05, 0.1) is 6.04 Å². The van der Waals surface area contributed by atoms with Gasteiger partial charge in [0.1, 0.15) is 0 Å². The molecular formula is C15H29N3O. The van der Waals surface area contributed by atoms with Gasteiger partial charge in [-0.25, -0.2) is 0 Å². The van der Waals surface area contributed by atoms with Crippen LogP contribution in [0.5, 0.6) is 0 Å². The highest BCUT2D eigenvalue weighted by molar-refractivity contribution is 5.81. The summed E-state index contributed by atoms with van der Waals surface area (Å²) < 4.78 is 0. The molecule has 3 atom stereocenters. The largest absolute Gasteiger partial charge is 0.354 e. The van der Waals surface area contributed by atoms with E-state index in [9.17, 15) is 4.79 Å². The van der Waals surface area contributed by atoms with Gasteiger partial charge in [-0.3, -0.25) is 9.69 Å². The predicted octanol–water partition coefficient (Wildman–Crippen LogP) is 1.36. The van der Waals surface area contributed by atoms with Gasteiger partial charge >= 0.3 is 0 Å². The lowest BCUT2D eigenvalue weighted by Gasteiger charge is -2.38. The highest BCUT2D eigenvalue weighted by atomic mass is 16.2. The highest BCUT2D eigenvalue weighted by Crippen LogP contribution is 2.29. The molecule has 2 rings (SSSR count). The maximum Gasteiger partial charge on any atom is 0.237 e. The number of hydrogen-bond donors (Lipinski definition) is 2. The van der Waals surface area contributed by atoms with E-state index in [1.807, 2.05) is 6.92 Å². The zero-order valence-electron chi connectivity index (χ0n) is 12.8. The van der Waals surface area contributed by atoms with Gasteiger partial charge in [-0.1, -0.05) is 13.8 Å². The molecule has 0 aromatic heterocycles. The van der Waals surface area contributed by atoms with Crippen LogP contribution in [0.25, 0.3) is 0 Å². The molecule has 4 heteroatoms. The van der Waals surface area contributed by atoms with Gasteiger partial charge in [0.15, 0.2) is 0 Å². The van der Waals surface area contributed by atoms with E-state index < -0.39 is 0 Å². The molecule has 0 spiro atoms. The monoisotopic (exact) mass is 267 g/mol. The number of rotatable bonds is 5. The third-order valence-electron chi connectivity index (χ3n) is 4.70. The first-order valence-corrected chi connectivity index (χ1v) is 7.73. The molecule has 2 aliphatic rings. The van der Waals surface area contributed by atoms with E-state index in [1.54, 1.807) is 0 Å². The molecule has 3 unspecified atom stereocenters. The molecule has 0 radical (unpaired) electrons. The number of carbonyl (C=O) groups is 1. The van der Waals surface area contributed by atoms with Crippen LogP contribution in [0.1, 0.15) is 46.5 Å². The summed E-state index contributed by atoms with van der Waals surface area (Å²) in [6, 6.07) is 1.88. The van der Waals surface area contributed by atoms with Crippen molar-refractivity contribution in [2.75, 3.05) is 13.6 Å². The van der Waals surface area contributed by atoms with Gasteiger partial charge in [-0.15, -0.1) is 0 Å². The quantitative estimate of drug-likeness (QED) is 0.790. The van der Waals surface area contributed by atoms with Crippen LogP contribution in [0.2, 0.25) is 0 Å². The Morgan fingerprint density at radius 1 is 1.26 bits per heavy atom. The molecule has 0 aromatic rings. The fourth-order valence-corrected chi connectivity index (χ4v) is 3.31. The van der Waals surface area contributed by atoms with E-state index in [0.29, 0.717) is 24.0 Å². The van der Waals surface area contributed by atoms with Crippen molar-refractivity contribution in [3.63, 3.8) is 0 Å². The minimum atomic E-state index is -0.0266. The topological polar surface area (TPSA) is 44.4 Å². The molecule has 1 amide bonds. The molecule has 4 nitrogen and oxygen atoms in total. The molecule has 2 saturated heterocycles. The molecule has 2 N–H and O–H groups in total. The first kappa shape index (κ1) is 14.8. The smallest absolute Gasteiger partial charge is 0.237 e. The lowest BCUT2D eigenvalue weighted by Crippen LogP contribution is -2.53. The van der Waals surface area contributed by atoms with Crippen molar-refractivity contribution in [2.24, 2.45) is 5.92 Å². The van der Waals surface area contributed by atoms with Crippen LogP contribution < -0.4 is 10.6 Å².